The monoisotopic (exact) mass is 830 g/mol. The lowest BCUT2D eigenvalue weighted by atomic mass is 10.0. The first-order valence-corrected chi connectivity index (χ1v) is 24.4. The summed E-state index contributed by atoms with van der Waals surface area (Å²) in [6.07, 6.45) is 42.4. The highest BCUT2D eigenvalue weighted by Crippen LogP contribution is 2.43. The second kappa shape index (κ2) is 40.7. The number of carbonyl (C=O) groups excluding carboxylic acids is 2. The van der Waals surface area contributed by atoms with E-state index < -0.39 is 51.1 Å². The van der Waals surface area contributed by atoms with Gasteiger partial charge in [-0.2, -0.15) is 0 Å². The number of carboxylic acid groups (broad SMARTS) is 1. The van der Waals surface area contributed by atoms with Crippen molar-refractivity contribution in [1.29, 1.82) is 0 Å². The first kappa shape index (κ1) is 55.0. The van der Waals surface area contributed by atoms with Crippen molar-refractivity contribution in [2.75, 3.05) is 19.8 Å². The molecule has 0 aliphatic heterocycles. The van der Waals surface area contributed by atoms with Gasteiger partial charge in [0.25, 0.3) is 0 Å². The molecule has 3 atom stereocenters. The number of nitrogens with two attached hydrogens (primary N) is 1. The summed E-state index contributed by atoms with van der Waals surface area (Å²) >= 11 is 0. The van der Waals surface area contributed by atoms with Gasteiger partial charge < -0.3 is 25.2 Å². The Morgan fingerprint density at radius 2 is 0.930 bits per heavy atom. The predicted octanol–water partition coefficient (Wildman–Crippen LogP) is 12.2. The Bertz CT molecular complexity index is 1070. The molecule has 0 aromatic heterocycles. The molecule has 0 heterocycles. The summed E-state index contributed by atoms with van der Waals surface area (Å²) in [7, 11) is -4.72. The molecular weight excluding hydrogens is 745 g/mol. The highest BCUT2D eigenvalue weighted by Gasteiger charge is 2.28. The van der Waals surface area contributed by atoms with E-state index in [4.69, 9.17) is 24.8 Å². The highest BCUT2D eigenvalue weighted by molar-refractivity contribution is 7.47. The topological polar surface area (TPSA) is 172 Å². The van der Waals surface area contributed by atoms with E-state index in [0.29, 0.717) is 12.8 Å². The van der Waals surface area contributed by atoms with E-state index in [1.807, 2.05) is 0 Å². The van der Waals surface area contributed by atoms with Crippen LogP contribution in [0.5, 0.6) is 0 Å². The maximum absolute atomic E-state index is 12.6. The molecule has 0 radical (unpaired) electrons. The van der Waals surface area contributed by atoms with E-state index >= 15 is 0 Å². The number of rotatable bonds is 43. The molecule has 0 spiro atoms. The fourth-order valence-corrected chi connectivity index (χ4v) is 7.11. The Morgan fingerprint density at radius 3 is 1.40 bits per heavy atom. The predicted molar refractivity (Wildman–Crippen MR) is 231 cm³/mol. The Morgan fingerprint density at radius 1 is 0.544 bits per heavy atom. The summed E-state index contributed by atoms with van der Waals surface area (Å²) in [4.78, 5) is 46.0. The van der Waals surface area contributed by atoms with Crippen LogP contribution in [0.4, 0.5) is 0 Å². The standard InChI is InChI=1S/C45H84NO10P/c1-3-5-7-9-11-13-15-17-19-20-21-23-25-27-29-31-33-35-37-44(48)56-41(39-54-57(51,52)55-40-42(46)45(49)50)38-53-43(47)36-34-32-30-28-26-24-22-18-16-14-12-10-8-6-4-2/h18,22,26,28,41-42H,3-17,19-21,23-25,27,29-40,46H2,1-2H3,(H,49,50)(H,51,52)/b22-18+,28-26+/t41-,42+/m1/s1. The zero-order chi connectivity index (χ0) is 42.1. The van der Waals surface area contributed by atoms with Crippen LogP contribution < -0.4 is 5.73 Å². The maximum Gasteiger partial charge on any atom is 0.472 e. The van der Waals surface area contributed by atoms with E-state index in [9.17, 15) is 23.8 Å². The Labute approximate surface area is 347 Å². The summed E-state index contributed by atoms with van der Waals surface area (Å²) in [5.41, 5.74) is 5.33. The van der Waals surface area contributed by atoms with E-state index in [0.717, 1.165) is 44.9 Å². The van der Waals surface area contributed by atoms with Gasteiger partial charge in [-0.05, 0) is 44.9 Å². The molecule has 57 heavy (non-hydrogen) atoms. The summed E-state index contributed by atoms with van der Waals surface area (Å²) in [5, 5.41) is 8.89. The molecule has 12 heteroatoms. The van der Waals surface area contributed by atoms with Gasteiger partial charge in [-0.25, -0.2) is 4.57 Å². The van der Waals surface area contributed by atoms with Gasteiger partial charge in [-0.15, -0.1) is 0 Å². The van der Waals surface area contributed by atoms with Crippen LogP contribution in [0.25, 0.3) is 0 Å². The molecule has 1 unspecified atom stereocenters. The summed E-state index contributed by atoms with van der Waals surface area (Å²) < 4.78 is 32.7. The Hall–Kier alpha value is -2.04. The van der Waals surface area contributed by atoms with Crippen molar-refractivity contribution < 1.29 is 47.5 Å². The largest absolute Gasteiger partial charge is 0.480 e. The number of esters is 2. The van der Waals surface area contributed by atoms with Crippen LogP contribution in [-0.2, 0) is 37.5 Å². The number of aliphatic carboxylic acids is 1. The molecule has 11 nitrogen and oxygen atoms in total. The number of phosphoric ester groups is 1. The zero-order valence-electron chi connectivity index (χ0n) is 36.2. The zero-order valence-corrected chi connectivity index (χ0v) is 37.1. The van der Waals surface area contributed by atoms with Gasteiger partial charge in [0.1, 0.15) is 12.6 Å². The van der Waals surface area contributed by atoms with Gasteiger partial charge in [0.15, 0.2) is 6.10 Å². The molecule has 334 valence electrons. The first-order chi connectivity index (χ1) is 27.6. The molecule has 0 bridgehead atoms. The fraction of sp³-hybridized carbons (Fsp3) is 0.844. The van der Waals surface area contributed by atoms with Crippen LogP contribution in [0.2, 0.25) is 0 Å². The second-order valence-electron chi connectivity index (χ2n) is 15.5. The quantitative estimate of drug-likeness (QED) is 0.0231. The minimum atomic E-state index is -4.72. The second-order valence-corrected chi connectivity index (χ2v) is 17.0. The van der Waals surface area contributed by atoms with Gasteiger partial charge in [-0.3, -0.25) is 23.4 Å². The molecule has 0 saturated heterocycles. The third-order valence-electron chi connectivity index (χ3n) is 9.95. The van der Waals surface area contributed by atoms with Crippen LogP contribution >= 0.6 is 7.82 Å². The van der Waals surface area contributed by atoms with E-state index in [1.165, 1.54) is 128 Å². The number of allylic oxidation sites excluding steroid dienone is 4. The number of hydrogen-bond donors (Lipinski definition) is 3. The molecule has 0 aliphatic rings. The number of ether oxygens (including phenoxy) is 2. The molecular formula is C45H84NO10P. The van der Waals surface area contributed by atoms with Crippen LogP contribution in [0.3, 0.4) is 0 Å². The molecule has 0 fully saturated rings. The lowest BCUT2D eigenvalue weighted by Crippen LogP contribution is -2.34. The summed E-state index contributed by atoms with van der Waals surface area (Å²) in [6.45, 7) is 2.79. The molecule has 0 amide bonds. The Kier molecular flexibility index (Phi) is 39.3. The average Bonchev–Trinajstić information content (AvgIpc) is 3.19. The van der Waals surface area contributed by atoms with E-state index in [-0.39, 0.29) is 19.4 Å². The molecule has 4 N–H and O–H groups in total. The normalized spacial score (nSPS) is 13.9. The molecule has 0 aromatic carbocycles. The fourth-order valence-electron chi connectivity index (χ4n) is 6.33. The number of carbonyl (C=O) groups is 3. The van der Waals surface area contributed by atoms with E-state index in [1.54, 1.807) is 0 Å². The van der Waals surface area contributed by atoms with Crippen LogP contribution in [0.15, 0.2) is 24.3 Å². The minimum absolute atomic E-state index is 0.159. The van der Waals surface area contributed by atoms with Gasteiger partial charge >= 0.3 is 25.7 Å². The van der Waals surface area contributed by atoms with Crippen LogP contribution in [-0.4, -0.2) is 59.9 Å². The lowest BCUT2D eigenvalue weighted by molar-refractivity contribution is -0.161. The number of unbranched alkanes of at least 4 members (excludes halogenated alkanes) is 25. The van der Waals surface area contributed by atoms with Gasteiger partial charge in [0, 0.05) is 12.8 Å². The third kappa shape index (κ3) is 40.5. The first-order valence-electron chi connectivity index (χ1n) is 22.9. The van der Waals surface area contributed by atoms with Crippen molar-refractivity contribution in [2.45, 2.75) is 225 Å². The van der Waals surface area contributed by atoms with Crippen molar-refractivity contribution >= 4 is 25.7 Å². The molecule has 0 aliphatic carbocycles. The van der Waals surface area contributed by atoms with Gasteiger partial charge in [-0.1, -0.05) is 179 Å². The Balaban J connectivity index is 4.35. The SMILES string of the molecule is CCCCCCCC/C=C/C/C=C/CCCCC(=O)OC[C@H](COP(=O)(O)OC[C@H](N)C(=O)O)OC(=O)CCCCCCCCCCCCCCCCCCCC. The molecule has 0 aromatic rings. The van der Waals surface area contributed by atoms with Crippen molar-refractivity contribution in [3.05, 3.63) is 24.3 Å². The number of hydrogen-bond acceptors (Lipinski definition) is 9. The van der Waals surface area contributed by atoms with Gasteiger partial charge in [0.05, 0.1) is 13.2 Å². The van der Waals surface area contributed by atoms with Gasteiger partial charge in [0.2, 0.25) is 0 Å². The van der Waals surface area contributed by atoms with Crippen molar-refractivity contribution in [3.8, 4) is 0 Å². The van der Waals surface area contributed by atoms with Crippen LogP contribution in [0.1, 0.15) is 213 Å². The highest BCUT2D eigenvalue weighted by atomic mass is 31.2. The summed E-state index contributed by atoms with van der Waals surface area (Å²) in [5.74, 6) is -2.41. The number of phosphoric acid groups is 1. The molecule has 0 saturated carbocycles. The molecule has 0 rings (SSSR count). The lowest BCUT2D eigenvalue weighted by Gasteiger charge is -2.20. The summed E-state index contributed by atoms with van der Waals surface area (Å²) in [6, 6.07) is -1.52. The van der Waals surface area contributed by atoms with E-state index in [2.05, 4.69) is 42.7 Å². The third-order valence-corrected chi connectivity index (χ3v) is 10.9. The number of carboxylic acids is 1. The van der Waals surface area contributed by atoms with Crippen molar-refractivity contribution in [2.24, 2.45) is 5.73 Å². The average molecular weight is 830 g/mol. The van der Waals surface area contributed by atoms with Crippen LogP contribution in [0, 0.1) is 0 Å². The maximum atomic E-state index is 12.6. The smallest absolute Gasteiger partial charge is 0.472 e. The van der Waals surface area contributed by atoms with Crippen molar-refractivity contribution in [3.63, 3.8) is 0 Å². The minimum Gasteiger partial charge on any atom is -0.480 e. The van der Waals surface area contributed by atoms with Crippen molar-refractivity contribution in [1.82, 2.24) is 0 Å².